The van der Waals surface area contributed by atoms with E-state index < -0.39 is 36.3 Å². The monoisotopic (exact) mass is 767 g/mol. The molecule has 12 heteroatoms. The molecule has 5 N–H and O–H groups in total. The molecule has 302 valence electrons. The minimum absolute atomic E-state index is 0.0243. The molecule has 1 aliphatic carbocycles. The summed E-state index contributed by atoms with van der Waals surface area (Å²) in [6, 6.07) is 13.0. The zero-order valence-electron chi connectivity index (χ0n) is 33.8. The predicted molar refractivity (Wildman–Crippen MR) is 218 cm³/mol. The fourth-order valence-corrected chi connectivity index (χ4v) is 7.95. The summed E-state index contributed by atoms with van der Waals surface area (Å²) < 4.78 is 6.21. The zero-order valence-corrected chi connectivity index (χ0v) is 33.8. The molecule has 0 aromatic heterocycles. The number of likely N-dealkylation sites (tertiary alicyclic amines) is 2. The van der Waals surface area contributed by atoms with Crippen LogP contribution >= 0.6 is 0 Å². The van der Waals surface area contributed by atoms with Crippen molar-refractivity contribution in [1.29, 1.82) is 0 Å². The summed E-state index contributed by atoms with van der Waals surface area (Å²) in [6.07, 6.45) is 6.49. The molecule has 0 saturated carbocycles. The topological polar surface area (TPSA) is 144 Å². The SMILES string of the molecule is C=C([C@@H](NC(=O)[C@H](C)NC)[C@@H](C)OCC#Cc1ccc([C@H](NC(=O)[C@H](CC)NC)C(=O)N2CCCC2)cc1)N1CCC[C@H]1C(=O)N[C@@H]1CCCc2ccccc21. The van der Waals surface area contributed by atoms with E-state index in [0.29, 0.717) is 43.7 Å². The van der Waals surface area contributed by atoms with Crippen molar-refractivity contribution >= 4 is 23.6 Å². The molecular weight excluding hydrogens is 707 g/mol. The Morgan fingerprint density at radius 3 is 2.32 bits per heavy atom. The largest absolute Gasteiger partial charge is 0.363 e. The predicted octanol–water partition coefficient (Wildman–Crippen LogP) is 3.49. The average molecular weight is 768 g/mol. The minimum atomic E-state index is -0.787. The van der Waals surface area contributed by atoms with Crippen LogP contribution in [0, 0.1) is 11.8 Å². The zero-order chi connectivity index (χ0) is 40.2. The van der Waals surface area contributed by atoms with Crippen LogP contribution in [0.3, 0.4) is 0 Å². The Balaban J connectivity index is 1.24. The van der Waals surface area contributed by atoms with E-state index >= 15 is 0 Å². The number of hydrogen-bond acceptors (Lipinski definition) is 8. The van der Waals surface area contributed by atoms with Crippen LogP contribution in [-0.4, -0.2) is 104 Å². The highest BCUT2D eigenvalue weighted by molar-refractivity contribution is 5.91. The van der Waals surface area contributed by atoms with Gasteiger partial charge in [0.25, 0.3) is 0 Å². The van der Waals surface area contributed by atoms with E-state index in [0.717, 1.165) is 44.1 Å². The molecule has 7 atom stereocenters. The molecule has 0 spiro atoms. The van der Waals surface area contributed by atoms with Crippen LogP contribution in [-0.2, 0) is 30.3 Å². The molecule has 2 fully saturated rings. The summed E-state index contributed by atoms with van der Waals surface area (Å²) >= 11 is 0. The fraction of sp³-hybridized carbons (Fsp3) is 0.545. The van der Waals surface area contributed by atoms with E-state index in [1.165, 1.54) is 11.1 Å². The third kappa shape index (κ3) is 10.6. The Labute approximate surface area is 332 Å². The standard InChI is InChI=1S/C44H61N7O5/c1-7-36(46-6)42(53)49-40(44(55)50-25-10-11-26-50)34-23-21-32(22-24-34)15-14-28-56-31(4)39(48-41(52)29(2)45-5)30(3)51-27-13-20-38(51)43(54)47-37-19-12-17-33-16-8-9-18-35(33)37/h8-9,16,18,21-24,29,31,36-40,45-46H,3,7,10-13,17,19-20,25-28H2,1-2,4-6H3,(H,47,54)(H,48,52)(H,49,53)/t29-,31+,36-,37+,38-,39+,40-/m0/s1. The van der Waals surface area contributed by atoms with E-state index in [9.17, 15) is 19.2 Å². The summed E-state index contributed by atoms with van der Waals surface area (Å²) in [5.41, 5.74) is 4.54. The number of nitrogens with one attached hydrogen (secondary N) is 5. The van der Waals surface area contributed by atoms with Crippen molar-refractivity contribution in [3.63, 3.8) is 0 Å². The average Bonchev–Trinajstić information content (AvgIpc) is 3.95. The van der Waals surface area contributed by atoms with E-state index in [1.54, 1.807) is 21.0 Å². The first-order valence-corrected chi connectivity index (χ1v) is 20.3. The Hall–Kier alpha value is -4.70. The third-order valence-corrected chi connectivity index (χ3v) is 11.5. The molecule has 0 radical (unpaired) electrons. The summed E-state index contributed by atoms with van der Waals surface area (Å²) in [4.78, 5) is 57.4. The molecule has 2 heterocycles. The highest BCUT2D eigenvalue weighted by Gasteiger charge is 2.38. The number of likely N-dealkylation sites (N-methyl/N-ethyl adjacent to an activating group) is 2. The molecule has 2 aromatic carbocycles. The maximum Gasteiger partial charge on any atom is 0.249 e. The summed E-state index contributed by atoms with van der Waals surface area (Å²) in [5, 5.41) is 15.4. The maximum absolute atomic E-state index is 13.8. The van der Waals surface area contributed by atoms with Gasteiger partial charge in [0.05, 0.1) is 30.3 Å². The highest BCUT2D eigenvalue weighted by atomic mass is 16.5. The van der Waals surface area contributed by atoms with Crippen LogP contribution in [0.2, 0.25) is 0 Å². The number of rotatable bonds is 16. The molecular formula is C44H61N7O5. The lowest BCUT2D eigenvalue weighted by atomic mass is 9.87. The van der Waals surface area contributed by atoms with Crippen LogP contribution in [0.1, 0.15) is 100 Å². The summed E-state index contributed by atoms with van der Waals surface area (Å²) in [5.74, 6) is 5.67. The molecule has 0 unspecified atom stereocenters. The van der Waals surface area contributed by atoms with Gasteiger partial charge in [-0.3, -0.25) is 19.2 Å². The molecule has 2 aromatic rings. The second-order valence-electron chi connectivity index (χ2n) is 15.2. The van der Waals surface area contributed by atoms with Gasteiger partial charge in [-0.25, -0.2) is 0 Å². The van der Waals surface area contributed by atoms with Crippen molar-refractivity contribution in [2.75, 3.05) is 40.3 Å². The molecule has 4 amide bonds. The van der Waals surface area contributed by atoms with Gasteiger partial charge in [-0.15, -0.1) is 0 Å². The highest BCUT2D eigenvalue weighted by Crippen LogP contribution is 2.31. The first-order valence-electron chi connectivity index (χ1n) is 20.3. The minimum Gasteiger partial charge on any atom is -0.363 e. The van der Waals surface area contributed by atoms with E-state index in [4.69, 9.17) is 4.74 Å². The van der Waals surface area contributed by atoms with Crippen molar-refractivity contribution in [3.05, 3.63) is 83.1 Å². The molecule has 0 bridgehead atoms. The number of ether oxygens (including phenoxy) is 1. The number of nitrogens with zero attached hydrogens (tertiary/aromatic N) is 2. The van der Waals surface area contributed by atoms with Gasteiger partial charge in [-0.2, -0.15) is 0 Å². The van der Waals surface area contributed by atoms with Crippen LogP contribution in [0.15, 0.2) is 60.8 Å². The van der Waals surface area contributed by atoms with Gasteiger partial charge in [0, 0.05) is 30.9 Å². The maximum atomic E-state index is 13.8. The van der Waals surface area contributed by atoms with Gasteiger partial charge in [-0.05, 0) is 108 Å². The number of hydrogen-bond donors (Lipinski definition) is 5. The number of aryl methyl sites for hydroxylation is 1. The van der Waals surface area contributed by atoms with Gasteiger partial charge >= 0.3 is 0 Å². The Kier molecular flexibility index (Phi) is 15.5. The molecule has 3 aliphatic rings. The quantitative estimate of drug-likeness (QED) is 0.164. The number of fused-ring (bicyclic) bond motifs is 1. The molecule has 5 rings (SSSR count). The van der Waals surface area contributed by atoms with Crippen LogP contribution in [0.4, 0.5) is 0 Å². The van der Waals surface area contributed by atoms with Crippen molar-refractivity contribution < 1.29 is 23.9 Å². The van der Waals surface area contributed by atoms with Gasteiger partial charge in [0.2, 0.25) is 23.6 Å². The summed E-state index contributed by atoms with van der Waals surface area (Å²) in [6.45, 7) is 12.1. The first kappa shape index (κ1) is 42.4. The van der Waals surface area contributed by atoms with Gasteiger partial charge in [0.1, 0.15) is 18.7 Å². The number of carbonyl (C=O) groups is 4. The Morgan fingerprint density at radius 1 is 0.893 bits per heavy atom. The van der Waals surface area contributed by atoms with Crippen molar-refractivity contribution in [2.45, 2.75) is 114 Å². The van der Waals surface area contributed by atoms with Crippen molar-refractivity contribution in [3.8, 4) is 11.8 Å². The van der Waals surface area contributed by atoms with E-state index in [-0.39, 0.29) is 36.3 Å². The van der Waals surface area contributed by atoms with Gasteiger partial charge in [-0.1, -0.05) is 61.7 Å². The number of amides is 4. The van der Waals surface area contributed by atoms with E-state index in [1.807, 2.05) is 54.0 Å². The Morgan fingerprint density at radius 2 is 1.62 bits per heavy atom. The lowest BCUT2D eigenvalue weighted by Crippen LogP contribution is -2.54. The molecule has 12 nitrogen and oxygen atoms in total. The second kappa shape index (κ2) is 20.5. The number of carbonyl (C=O) groups excluding carboxylic acids is 4. The van der Waals surface area contributed by atoms with Crippen LogP contribution in [0.5, 0.6) is 0 Å². The van der Waals surface area contributed by atoms with Crippen LogP contribution < -0.4 is 26.6 Å². The van der Waals surface area contributed by atoms with Crippen molar-refractivity contribution in [1.82, 2.24) is 36.4 Å². The smallest absolute Gasteiger partial charge is 0.249 e. The van der Waals surface area contributed by atoms with Gasteiger partial charge in [0.15, 0.2) is 0 Å². The van der Waals surface area contributed by atoms with E-state index in [2.05, 4.69) is 63.2 Å². The molecule has 56 heavy (non-hydrogen) atoms. The third-order valence-electron chi connectivity index (χ3n) is 11.5. The number of benzene rings is 2. The van der Waals surface area contributed by atoms with Gasteiger partial charge < -0.3 is 41.1 Å². The summed E-state index contributed by atoms with van der Waals surface area (Å²) in [7, 11) is 3.47. The second-order valence-corrected chi connectivity index (χ2v) is 15.2. The Bertz CT molecular complexity index is 1740. The fourth-order valence-electron chi connectivity index (χ4n) is 7.95. The molecule has 2 aliphatic heterocycles. The first-order chi connectivity index (χ1) is 27.1. The van der Waals surface area contributed by atoms with Crippen LogP contribution in [0.25, 0.3) is 0 Å². The molecule has 2 saturated heterocycles. The normalized spacial score (nSPS) is 20.4. The lowest BCUT2D eigenvalue weighted by Gasteiger charge is -2.36. The lowest BCUT2D eigenvalue weighted by molar-refractivity contribution is -0.136. The van der Waals surface area contributed by atoms with Crippen molar-refractivity contribution in [2.24, 2.45) is 0 Å².